The maximum atomic E-state index is 5.90. The Labute approximate surface area is 134 Å². The van der Waals surface area contributed by atoms with Gasteiger partial charge in [0.05, 0.1) is 4.47 Å². The Morgan fingerprint density at radius 2 is 1.90 bits per heavy atom. The highest BCUT2D eigenvalue weighted by molar-refractivity contribution is 9.10. The molecule has 0 aromatic heterocycles. The number of benzene rings is 2. The lowest BCUT2D eigenvalue weighted by Gasteiger charge is -2.13. The molecule has 2 N–H and O–H groups in total. The van der Waals surface area contributed by atoms with Gasteiger partial charge in [-0.1, -0.05) is 48.5 Å². The summed E-state index contributed by atoms with van der Waals surface area (Å²) in [5.74, 6) is 0.882. The summed E-state index contributed by atoms with van der Waals surface area (Å²) in [6, 6.07) is 16.4. The van der Waals surface area contributed by atoms with Gasteiger partial charge in [-0.25, -0.2) is 0 Å². The van der Waals surface area contributed by atoms with Crippen molar-refractivity contribution in [3.05, 3.63) is 70.2 Å². The van der Waals surface area contributed by atoms with E-state index in [4.69, 9.17) is 10.5 Å². The third-order valence-electron chi connectivity index (χ3n) is 3.02. The molecular formula is C18H20BrNO. The molecule has 110 valence electrons. The van der Waals surface area contributed by atoms with Crippen LogP contribution >= 0.6 is 15.9 Å². The lowest BCUT2D eigenvalue weighted by Crippen LogP contribution is -2.18. The van der Waals surface area contributed by atoms with E-state index in [-0.39, 0.29) is 6.04 Å². The number of rotatable bonds is 6. The molecule has 2 aromatic carbocycles. The number of hydrogen-bond donors (Lipinski definition) is 1. The van der Waals surface area contributed by atoms with Gasteiger partial charge in [-0.3, -0.25) is 0 Å². The van der Waals surface area contributed by atoms with E-state index < -0.39 is 0 Å². The van der Waals surface area contributed by atoms with Gasteiger partial charge in [-0.05, 0) is 52.5 Å². The molecule has 0 spiro atoms. The zero-order valence-electron chi connectivity index (χ0n) is 12.1. The molecule has 2 aromatic rings. The minimum atomic E-state index is 0.113. The van der Waals surface area contributed by atoms with Gasteiger partial charge in [0.15, 0.2) is 0 Å². The maximum Gasteiger partial charge on any atom is 0.137 e. The van der Waals surface area contributed by atoms with Gasteiger partial charge < -0.3 is 10.5 Å². The number of para-hydroxylation sites is 1. The molecule has 0 aliphatic rings. The lowest BCUT2D eigenvalue weighted by molar-refractivity contribution is 0.356. The van der Waals surface area contributed by atoms with Crippen molar-refractivity contribution in [3.8, 4) is 5.75 Å². The molecule has 0 aliphatic carbocycles. The second-order valence-electron chi connectivity index (χ2n) is 5.03. The molecular weight excluding hydrogens is 326 g/mol. The number of halogens is 1. The van der Waals surface area contributed by atoms with Crippen molar-refractivity contribution in [2.75, 3.05) is 6.61 Å². The van der Waals surface area contributed by atoms with Crippen molar-refractivity contribution in [3.63, 3.8) is 0 Å². The largest absolute Gasteiger partial charge is 0.488 e. The minimum absolute atomic E-state index is 0.113. The molecule has 3 heteroatoms. The van der Waals surface area contributed by atoms with E-state index in [9.17, 15) is 0 Å². The maximum absolute atomic E-state index is 5.90. The molecule has 1 atom stereocenters. The molecule has 0 saturated carbocycles. The summed E-state index contributed by atoms with van der Waals surface area (Å²) >= 11 is 3.54. The molecule has 1 unspecified atom stereocenters. The first kappa shape index (κ1) is 15.8. The Kier molecular flexibility index (Phi) is 6.03. The zero-order chi connectivity index (χ0) is 15.1. The highest BCUT2D eigenvalue weighted by Gasteiger charge is 2.09. The minimum Gasteiger partial charge on any atom is -0.488 e. The smallest absolute Gasteiger partial charge is 0.137 e. The highest BCUT2D eigenvalue weighted by Crippen LogP contribution is 2.29. The fraction of sp³-hybridized carbons (Fsp3) is 0.222. The van der Waals surface area contributed by atoms with Gasteiger partial charge in [0.1, 0.15) is 12.4 Å². The topological polar surface area (TPSA) is 35.2 Å². The van der Waals surface area contributed by atoms with Gasteiger partial charge in [-0.2, -0.15) is 0 Å². The molecule has 0 amide bonds. The second kappa shape index (κ2) is 8.01. The van der Waals surface area contributed by atoms with E-state index in [0.717, 1.165) is 22.2 Å². The Bertz CT molecular complexity index is 593. The molecule has 2 rings (SSSR count). The SMILES string of the molecule is CC(N)Cc1cccc(Br)c1OCC=Cc1ccccc1. The van der Waals surface area contributed by atoms with E-state index in [1.54, 1.807) is 0 Å². The van der Waals surface area contributed by atoms with E-state index in [0.29, 0.717) is 6.61 Å². The normalized spacial score (nSPS) is 12.5. The lowest BCUT2D eigenvalue weighted by atomic mass is 10.1. The van der Waals surface area contributed by atoms with Crippen molar-refractivity contribution in [2.24, 2.45) is 5.73 Å². The zero-order valence-corrected chi connectivity index (χ0v) is 13.7. The average molecular weight is 346 g/mol. The van der Waals surface area contributed by atoms with Crippen LogP contribution in [0.4, 0.5) is 0 Å². The Morgan fingerprint density at radius 3 is 2.62 bits per heavy atom. The van der Waals surface area contributed by atoms with Gasteiger partial charge in [0.25, 0.3) is 0 Å². The average Bonchev–Trinajstić information content (AvgIpc) is 2.46. The molecule has 0 bridgehead atoms. The first-order chi connectivity index (χ1) is 10.2. The molecule has 0 heterocycles. The summed E-state index contributed by atoms with van der Waals surface area (Å²) in [7, 11) is 0. The number of nitrogens with two attached hydrogens (primary N) is 1. The molecule has 0 fully saturated rings. The number of ether oxygens (including phenoxy) is 1. The Balaban J connectivity index is 2.01. The predicted molar refractivity (Wildman–Crippen MR) is 92.5 cm³/mol. The molecule has 0 saturated heterocycles. The summed E-state index contributed by atoms with van der Waals surface area (Å²) in [4.78, 5) is 0. The van der Waals surface area contributed by atoms with Crippen LogP contribution in [-0.2, 0) is 6.42 Å². The van der Waals surface area contributed by atoms with Crippen LogP contribution in [0, 0.1) is 0 Å². The van der Waals surface area contributed by atoms with Crippen LogP contribution in [-0.4, -0.2) is 12.6 Å². The monoisotopic (exact) mass is 345 g/mol. The van der Waals surface area contributed by atoms with Crippen LogP contribution in [0.3, 0.4) is 0 Å². The number of hydrogen-bond acceptors (Lipinski definition) is 2. The Hall–Kier alpha value is -1.58. The Morgan fingerprint density at radius 1 is 1.14 bits per heavy atom. The third kappa shape index (κ3) is 5.03. The molecule has 21 heavy (non-hydrogen) atoms. The van der Waals surface area contributed by atoms with E-state index in [1.807, 2.05) is 43.3 Å². The van der Waals surface area contributed by atoms with Crippen molar-refractivity contribution in [2.45, 2.75) is 19.4 Å². The first-order valence-electron chi connectivity index (χ1n) is 7.04. The van der Waals surface area contributed by atoms with Gasteiger partial charge in [0, 0.05) is 6.04 Å². The third-order valence-corrected chi connectivity index (χ3v) is 3.65. The quantitative estimate of drug-likeness (QED) is 0.840. The summed E-state index contributed by atoms with van der Waals surface area (Å²) in [6.45, 7) is 2.53. The summed E-state index contributed by atoms with van der Waals surface area (Å²) in [5, 5.41) is 0. The first-order valence-corrected chi connectivity index (χ1v) is 7.83. The predicted octanol–water partition coefficient (Wildman–Crippen LogP) is 4.43. The van der Waals surface area contributed by atoms with E-state index >= 15 is 0 Å². The van der Waals surface area contributed by atoms with Gasteiger partial charge in [0.2, 0.25) is 0 Å². The van der Waals surface area contributed by atoms with Gasteiger partial charge >= 0.3 is 0 Å². The standard InChI is InChI=1S/C18H20BrNO/c1-14(20)13-16-10-5-11-17(19)18(16)21-12-6-9-15-7-3-2-4-8-15/h2-11,14H,12-13,20H2,1H3. The fourth-order valence-electron chi connectivity index (χ4n) is 2.10. The summed E-state index contributed by atoms with van der Waals surface area (Å²) < 4.78 is 6.87. The van der Waals surface area contributed by atoms with E-state index in [1.165, 1.54) is 5.56 Å². The van der Waals surface area contributed by atoms with Gasteiger partial charge in [-0.15, -0.1) is 0 Å². The highest BCUT2D eigenvalue weighted by atomic mass is 79.9. The van der Waals surface area contributed by atoms with Crippen LogP contribution in [0.15, 0.2) is 59.1 Å². The molecule has 2 nitrogen and oxygen atoms in total. The molecule has 0 aliphatic heterocycles. The molecule has 0 radical (unpaired) electrons. The van der Waals surface area contributed by atoms with E-state index in [2.05, 4.69) is 40.2 Å². The van der Waals surface area contributed by atoms with Crippen molar-refractivity contribution < 1.29 is 4.74 Å². The van der Waals surface area contributed by atoms with Crippen LogP contribution in [0.2, 0.25) is 0 Å². The van der Waals surface area contributed by atoms with Crippen LogP contribution in [0.25, 0.3) is 6.08 Å². The van der Waals surface area contributed by atoms with Crippen LogP contribution < -0.4 is 10.5 Å². The summed E-state index contributed by atoms with van der Waals surface area (Å²) in [6.07, 6.45) is 4.88. The fourth-order valence-corrected chi connectivity index (χ4v) is 2.62. The van der Waals surface area contributed by atoms with Crippen molar-refractivity contribution >= 4 is 22.0 Å². The van der Waals surface area contributed by atoms with Crippen LogP contribution in [0.1, 0.15) is 18.1 Å². The van der Waals surface area contributed by atoms with Crippen LogP contribution in [0.5, 0.6) is 5.75 Å². The second-order valence-corrected chi connectivity index (χ2v) is 5.89. The summed E-state index contributed by atoms with van der Waals surface area (Å²) in [5.41, 5.74) is 8.19. The van der Waals surface area contributed by atoms with Crippen molar-refractivity contribution in [1.82, 2.24) is 0 Å². The van der Waals surface area contributed by atoms with Crippen molar-refractivity contribution in [1.29, 1.82) is 0 Å².